The molecular weight excluding hydrogens is 583 g/mol. The maximum atomic E-state index is 9.65. The van der Waals surface area contributed by atoms with Gasteiger partial charge in [-0.1, -0.05) is 148 Å². The summed E-state index contributed by atoms with van der Waals surface area (Å²) < 4.78 is 16.5. The largest absolute Gasteiger partial charge is 1.00 e. The number of allylic oxidation sites excluding steroid dienone is 2. The Labute approximate surface area is 300 Å². The van der Waals surface area contributed by atoms with Crippen molar-refractivity contribution in [1.29, 1.82) is 0 Å². The third-order valence-electron chi connectivity index (χ3n) is 6.58. The van der Waals surface area contributed by atoms with Crippen LogP contribution in [0.25, 0.3) is 0 Å². The fraction of sp³-hybridized carbons (Fsp3) is 0.784. The van der Waals surface area contributed by atoms with Crippen LogP contribution in [0.3, 0.4) is 0 Å². The van der Waals surface area contributed by atoms with Gasteiger partial charge in [0.1, 0.15) is 0 Å². The van der Waals surface area contributed by atoms with Crippen molar-refractivity contribution in [3.63, 3.8) is 0 Å². The minimum Gasteiger partial charge on any atom is -0.544 e. The summed E-state index contributed by atoms with van der Waals surface area (Å²) in [5, 5.41) is 27.9. The van der Waals surface area contributed by atoms with E-state index in [-0.39, 0.29) is 49.2 Å². The molecule has 0 saturated heterocycles. The molecule has 0 aromatic heterocycles. The Hall–Kier alpha value is -0.310. The van der Waals surface area contributed by atoms with Gasteiger partial charge >= 0.3 is 29.6 Å². The summed E-state index contributed by atoms with van der Waals surface area (Å²) in [6.45, 7) is 6.91. The molecule has 0 radical (unpaired) electrons. The standard InChI is InChI=1S/C18H32O2.C18H32O.CH4.ClO2.Na/c1-2-3-12-15-18(20)16-13-10-8-6-4-5-7-9-11-14-17-19;1-3-5-7-8-9-10-11-12-13-15-17-18(19)16-14-6-4-2;;2-1-3;/h13,16,18-20H,2-7,9,11-12,14-15,17H2,1H3;15,17-19H,3-11,14,16H2,1-2H3;1H4;;/q;;;-1;+1/b16-13+;17-15+;;;/t2*18-;;;/m00.../s1. The molecule has 0 amide bonds. The van der Waals surface area contributed by atoms with Crippen molar-refractivity contribution >= 4 is 0 Å². The first-order chi connectivity index (χ1) is 20.5. The minimum absolute atomic E-state index is 0. The molecule has 0 saturated carbocycles. The van der Waals surface area contributed by atoms with Crippen molar-refractivity contribution in [3.05, 3.63) is 24.3 Å². The summed E-state index contributed by atoms with van der Waals surface area (Å²) in [6, 6.07) is 0. The van der Waals surface area contributed by atoms with Crippen molar-refractivity contribution in [2.24, 2.45) is 0 Å². The summed E-state index contributed by atoms with van der Waals surface area (Å²) in [4.78, 5) is 0. The van der Waals surface area contributed by atoms with Gasteiger partial charge in [0.2, 0.25) is 0 Å². The first-order valence-electron chi connectivity index (χ1n) is 16.7. The van der Waals surface area contributed by atoms with E-state index in [1.54, 1.807) is 12.2 Å². The van der Waals surface area contributed by atoms with E-state index in [2.05, 4.69) is 44.5 Å². The Balaban J connectivity index is -0.000000203. The molecule has 0 rings (SSSR count). The molecule has 2 atom stereocenters. The fourth-order valence-electron chi connectivity index (χ4n) is 4.01. The van der Waals surface area contributed by atoms with Gasteiger partial charge in [0.15, 0.2) is 0 Å². The number of rotatable bonds is 23. The molecule has 44 heavy (non-hydrogen) atoms. The van der Waals surface area contributed by atoms with Crippen LogP contribution >= 0.6 is 0 Å². The van der Waals surface area contributed by atoms with Gasteiger partial charge in [-0.05, 0) is 56.4 Å². The second kappa shape index (κ2) is 52.2. The second-order valence-electron chi connectivity index (χ2n) is 10.7. The third-order valence-corrected chi connectivity index (χ3v) is 6.58. The Morgan fingerprint density at radius 3 is 1.25 bits per heavy atom. The molecule has 0 unspecified atom stereocenters. The van der Waals surface area contributed by atoms with Gasteiger partial charge in [0.05, 0.1) is 23.5 Å². The van der Waals surface area contributed by atoms with Crippen LogP contribution in [0.4, 0.5) is 0 Å². The molecular formula is C37H68ClNaO5. The van der Waals surface area contributed by atoms with Crippen molar-refractivity contribution in [3.8, 4) is 23.7 Å². The van der Waals surface area contributed by atoms with E-state index < -0.39 is 11.3 Å². The van der Waals surface area contributed by atoms with E-state index in [1.807, 2.05) is 12.2 Å². The van der Waals surface area contributed by atoms with Crippen molar-refractivity contribution in [2.75, 3.05) is 6.61 Å². The number of hydrogen-bond donors (Lipinski definition) is 3. The van der Waals surface area contributed by atoms with Crippen molar-refractivity contribution in [1.82, 2.24) is 0 Å². The number of aliphatic hydroxyl groups excluding tert-OH is 3. The summed E-state index contributed by atoms with van der Waals surface area (Å²) in [5.41, 5.74) is 0. The normalized spacial score (nSPS) is 11.4. The summed E-state index contributed by atoms with van der Waals surface area (Å²) in [6.07, 6.45) is 32.0. The predicted molar refractivity (Wildman–Crippen MR) is 178 cm³/mol. The van der Waals surface area contributed by atoms with Gasteiger partial charge in [0.25, 0.3) is 0 Å². The van der Waals surface area contributed by atoms with Crippen LogP contribution in [0.15, 0.2) is 24.3 Å². The van der Waals surface area contributed by atoms with Crippen molar-refractivity contribution in [2.45, 2.75) is 182 Å². The topological polar surface area (TPSA) is 107 Å². The van der Waals surface area contributed by atoms with Crippen LogP contribution in [0.2, 0.25) is 0 Å². The van der Waals surface area contributed by atoms with Gasteiger partial charge in [-0.3, -0.25) is 0 Å². The molecule has 3 N–H and O–H groups in total. The monoisotopic (exact) mass is 650 g/mol. The molecule has 5 nitrogen and oxygen atoms in total. The van der Waals surface area contributed by atoms with E-state index >= 15 is 0 Å². The zero-order chi connectivity index (χ0) is 31.8. The van der Waals surface area contributed by atoms with E-state index in [4.69, 9.17) is 14.4 Å². The smallest absolute Gasteiger partial charge is 0.544 e. The molecule has 0 aliphatic carbocycles. The van der Waals surface area contributed by atoms with Gasteiger partial charge < -0.3 is 24.6 Å². The molecule has 0 aliphatic heterocycles. The fourth-order valence-corrected chi connectivity index (χ4v) is 4.01. The summed E-state index contributed by atoms with van der Waals surface area (Å²) in [5.74, 6) is 12.3. The van der Waals surface area contributed by atoms with Gasteiger partial charge in [-0.25, -0.2) is 0 Å². The molecule has 0 aromatic carbocycles. The number of hydrogen-bond acceptors (Lipinski definition) is 5. The molecule has 0 heterocycles. The second-order valence-corrected chi connectivity index (χ2v) is 10.8. The maximum Gasteiger partial charge on any atom is 1.00 e. The number of unbranched alkanes of at least 4 members (excludes halogenated alkanes) is 16. The molecule has 0 spiro atoms. The van der Waals surface area contributed by atoms with E-state index in [9.17, 15) is 10.2 Å². The molecule has 0 bridgehead atoms. The summed E-state index contributed by atoms with van der Waals surface area (Å²) in [7, 11) is 0. The zero-order valence-electron chi connectivity index (χ0n) is 28.3. The Morgan fingerprint density at radius 2 is 0.886 bits per heavy atom. The average molecular weight is 651 g/mol. The van der Waals surface area contributed by atoms with Crippen molar-refractivity contribution < 1.29 is 65.5 Å². The first kappa shape index (κ1) is 53.2. The van der Waals surface area contributed by atoms with E-state index in [0.29, 0.717) is 6.61 Å². The Morgan fingerprint density at radius 1 is 0.568 bits per heavy atom. The quantitative estimate of drug-likeness (QED) is 0.0844. The van der Waals surface area contributed by atoms with E-state index in [0.717, 1.165) is 57.8 Å². The molecule has 0 aromatic rings. The van der Waals surface area contributed by atoms with Gasteiger partial charge in [-0.2, -0.15) is 0 Å². The average Bonchev–Trinajstić information content (AvgIpc) is 2.98. The minimum atomic E-state index is -0.417. The molecule has 0 aliphatic rings. The Bertz CT molecular complexity index is 679. The SMILES string of the molecule is C.CCCCCCCCC#C/C=C/[C@@H](O)CCCCC.CCCCC[C@H](O)/C=C/C#CCCCCCCCCO.[Na+].[O-][Cl+][O-]. The maximum absolute atomic E-state index is 9.65. The number of aliphatic hydroxyl groups is 3. The van der Waals surface area contributed by atoms with Crippen LogP contribution < -0.4 is 38.9 Å². The molecule has 0 fully saturated rings. The third kappa shape index (κ3) is 57.4. The van der Waals surface area contributed by atoms with Crippen LogP contribution in [0.5, 0.6) is 0 Å². The van der Waals surface area contributed by atoms with Crippen LogP contribution in [0, 0.1) is 35.0 Å². The first-order valence-corrected chi connectivity index (χ1v) is 17.3. The van der Waals surface area contributed by atoms with Gasteiger partial charge in [-0.15, -0.1) is 0 Å². The van der Waals surface area contributed by atoms with Crippen LogP contribution in [0.1, 0.15) is 169 Å². The summed E-state index contributed by atoms with van der Waals surface area (Å²) >= 11 is -0.417. The molecule has 7 heteroatoms. The predicted octanol–water partition coefficient (Wildman–Crippen LogP) is 4.71. The van der Waals surface area contributed by atoms with E-state index in [1.165, 1.54) is 83.5 Å². The Kier molecular flexibility index (Phi) is 63.1. The van der Waals surface area contributed by atoms with Crippen LogP contribution in [-0.4, -0.2) is 34.1 Å². The van der Waals surface area contributed by atoms with Crippen LogP contribution in [-0.2, 0) is 0 Å². The number of halogens is 1. The zero-order valence-corrected chi connectivity index (χ0v) is 31.0. The molecule has 254 valence electrons. The van der Waals surface area contributed by atoms with Gasteiger partial charge in [0, 0.05) is 19.4 Å².